The Labute approximate surface area is 94.3 Å². The van der Waals surface area contributed by atoms with Gasteiger partial charge in [0, 0.05) is 20.0 Å². The molecule has 2 aliphatic rings. The summed E-state index contributed by atoms with van der Waals surface area (Å²) in [4.78, 5) is 14.3. The van der Waals surface area contributed by atoms with E-state index in [9.17, 15) is 4.79 Å². The third-order valence-electron chi connectivity index (χ3n) is 3.68. The summed E-state index contributed by atoms with van der Waals surface area (Å²) in [5.41, 5.74) is 7.95. The first kappa shape index (κ1) is 11.5. The molecule has 0 amide bonds. The molecule has 1 saturated carbocycles. The molecule has 5 heteroatoms. The van der Waals surface area contributed by atoms with Crippen LogP contribution in [-0.2, 0) is 14.3 Å². The summed E-state index contributed by atoms with van der Waals surface area (Å²) in [6.45, 7) is 0. The van der Waals surface area contributed by atoms with Crippen LogP contribution in [-0.4, -0.2) is 35.8 Å². The van der Waals surface area contributed by atoms with Gasteiger partial charge in [0.05, 0.1) is 5.60 Å². The minimum absolute atomic E-state index is 0.189. The summed E-state index contributed by atoms with van der Waals surface area (Å²) in [6.07, 6.45) is 4.98. The number of rotatable bonds is 4. The molecule has 2 fully saturated rings. The molecular weight excluding hydrogens is 208 g/mol. The number of methoxy groups -OCH3 is 1. The maximum Gasteiger partial charge on any atom is 0.323 e. The third kappa shape index (κ3) is 1.94. The normalized spacial score (nSPS) is 36.8. The number of hydrogen-bond donors (Lipinski definition) is 0. The van der Waals surface area contributed by atoms with Gasteiger partial charge in [-0.1, -0.05) is 6.42 Å². The first-order chi connectivity index (χ1) is 7.70. The van der Waals surface area contributed by atoms with Crippen LogP contribution in [0.3, 0.4) is 0 Å². The summed E-state index contributed by atoms with van der Waals surface area (Å²) < 4.78 is 11.1. The lowest BCUT2D eigenvalue weighted by molar-refractivity contribution is -0.162. The molecular formula is C11H16N2O3. The lowest BCUT2D eigenvalue weighted by Gasteiger charge is -2.26. The summed E-state index contributed by atoms with van der Waals surface area (Å²) in [5.74, 6) is 0.208. The molecule has 88 valence electrons. The second-order valence-electron chi connectivity index (χ2n) is 4.56. The number of hydrogen-bond acceptors (Lipinski definition) is 3. The Kier molecular flexibility index (Phi) is 3.19. The van der Waals surface area contributed by atoms with Crippen LogP contribution >= 0.6 is 0 Å². The molecule has 0 aromatic heterocycles. The Bertz CT molecular complexity index is 338. The average Bonchev–Trinajstić information content (AvgIpc) is 2.73. The Morgan fingerprint density at radius 2 is 2.56 bits per heavy atom. The fraction of sp³-hybridized carbons (Fsp3) is 0.818. The second-order valence-corrected chi connectivity index (χ2v) is 4.56. The lowest BCUT2D eigenvalue weighted by Crippen LogP contribution is -2.35. The Morgan fingerprint density at radius 3 is 3.25 bits per heavy atom. The van der Waals surface area contributed by atoms with Crippen LogP contribution in [0.15, 0.2) is 0 Å². The van der Waals surface area contributed by atoms with Gasteiger partial charge >= 0.3 is 6.21 Å². The van der Waals surface area contributed by atoms with E-state index in [1.807, 2.05) is 0 Å². The van der Waals surface area contributed by atoms with E-state index in [0.29, 0.717) is 12.3 Å². The van der Waals surface area contributed by atoms with Crippen molar-refractivity contribution in [3.8, 4) is 0 Å². The van der Waals surface area contributed by atoms with Crippen LogP contribution in [0.5, 0.6) is 0 Å². The minimum atomic E-state index is -0.376. The SMILES string of the molecule is CO[C@@H]1C[C@H]2CCC[C@@]2(CC(=O)C=[N+]=[N-])O1. The van der Waals surface area contributed by atoms with Crippen LogP contribution in [0, 0.1) is 5.92 Å². The fourth-order valence-corrected chi connectivity index (χ4v) is 2.97. The highest BCUT2D eigenvalue weighted by atomic mass is 16.7. The summed E-state index contributed by atoms with van der Waals surface area (Å²) >= 11 is 0. The average molecular weight is 224 g/mol. The molecule has 0 aromatic rings. The molecule has 1 heterocycles. The first-order valence-electron chi connectivity index (χ1n) is 5.61. The smallest absolute Gasteiger partial charge is 0.323 e. The summed E-state index contributed by atoms with van der Waals surface area (Å²) in [7, 11) is 1.62. The largest absolute Gasteiger partial charge is 0.361 e. The molecule has 1 aliphatic heterocycles. The van der Waals surface area contributed by atoms with Crippen molar-refractivity contribution in [2.45, 2.75) is 44.0 Å². The van der Waals surface area contributed by atoms with E-state index >= 15 is 0 Å². The zero-order valence-electron chi connectivity index (χ0n) is 9.39. The Morgan fingerprint density at radius 1 is 1.75 bits per heavy atom. The van der Waals surface area contributed by atoms with E-state index in [1.54, 1.807) is 7.11 Å². The lowest BCUT2D eigenvalue weighted by atomic mass is 9.86. The molecule has 5 nitrogen and oxygen atoms in total. The number of carbonyl (C=O) groups excluding carboxylic acids is 1. The van der Waals surface area contributed by atoms with Gasteiger partial charge in [-0.05, 0) is 18.8 Å². The minimum Gasteiger partial charge on any atom is -0.361 e. The summed E-state index contributed by atoms with van der Waals surface area (Å²) in [6, 6.07) is 0. The highest BCUT2D eigenvalue weighted by Crippen LogP contribution is 2.49. The number of ether oxygens (including phenoxy) is 2. The van der Waals surface area contributed by atoms with Gasteiger partial charge in [0.2, 0.25) is 5.78 Å². The molecule has 0 aromatic carbocycles. The van der Waals surface area contributed by atoms with Gasteiger partial charge in [0.25, 0.3) is 0 Å². The first-order valence-corrected chi connectivity index (χ1v) is 5.61. The van der Waals surface area contributed by atoms with E-state index in [0.717, 1.165) is 31.9 Å². The van der Waals surface area contributed by atoms with Crippen LogP contribution in [0.4, 0.5) is 0 Å². The highest BCUT2D eigenvalue weighted by molar-refractivity contribution is 6.25. The van der Waals surface area contributed by atoms with Crippen molar-refractivity contribution in [1.82, 2.24) is 0 Å². The topological polar surface area (TPSA) is 71.9 Å². The van der Waals surface area contributed by atoms with Gasteiger partial charge in [0.1, 0.15) is 0 Å². The van der Waals surface area contributed by atoms with Gasteiger partial charge in [-0.3, -0.25) is 4.79 Å². The summed E-state index contributed by atoms with van der Waals surface area (Å²) in [5, 5.41) is 0. The number of nitrogens with zero attached hydrogens (tertiary/aromatic N) is 2. The number of ketones is 1. The van der Waals surface area contributed by atoms with Crippen molar-refractivity contribution in [3.05, 3.63) is 5.53 Å². The number of fused-ring (bicyclic) bond motifs is 1. The van der Waals surface area contributed by atoms with Gasteiger partial charge in [-0.2, -0.15) is 4.79 Å². The number of Topliss-reactive ketones (excluding diaryl/α,β-unsaturated/α-hetero) is 1. The molecule has 3 atom stereocenters. The fourth-order valence-electron chi connectivity index (χ4n) is 2.97. The van der Waals surface area contributed by atoms with E-state index < -0.39 is 0 Å². The molecule has 1 saturated heterocycles. The predicted octanol–water partition coefficient (Wildman–Crippen LogP) is 1.18. The van der Waals surface area contributed by atoms with E-state index in [-0.39, 0.29) is 17.7 Å². The van der Waals surface area contributed by atoms with Crippen molar-refractivity contribution < 1.29 is 19.1 Å². The van der Waals surface area contributed by atoms with Crippen molar-refractivity contribution >= 4 is 12.0 Å². The predicted molar refractivity (Wildman–Crippen MR) is 55.9 cm³/mol. The van der Waals surface area contributed by atoms with Gasteiger partial charge < -0.3 is 15.0 Å². The molecule has 0 radical (unpaired) electrons. The molecule has 0 spiro atoms. The molecule has 16 heavy (non-hydrogen) atoms. The van der Waals surface area contributed by atoms with Gasteiger partial charge in [-0.15, -0.1) is 0 Å². The van der Waals surface area contributed by atoms with Crippen molar-refractivity contribution in [3.63, 3.8) is 0 Å². The van der Waals surface area contributed by atoms with E-state index in [2.05, 4.69) is 4.79 Å². The van der Waals surface area contributed by atoms with Crippen molar-refractivity contribution in [2.24, 2.45) is 5.92 Å². The zero-order chi connectivity index (χ0) is 11.6. The van der Waals surface area contributed by atoms with E-state index in [1.165, 1.54) is 0 Å². The van der Waals surface area contributed by atoms with E-state index in [4.69, 9.17) is 15.0 Å². The Hall–Kier alpha value is -1.03. The van der Waals surface area contributed by atoms with Crippen LogP contribution in [0.25, 0.3) is 5.53 Å². The van der Waals surface area contributed by atoms with Crippen LogP contribution in [0.1, 0.15) is 32.1 Å². The molecule has 0 unspecified atom stereocenters. The zero-order valence-corrected chi connectivity index (χ0v) is 9.39. The second kappa shape index (κ2) is 4.45. The molecule has 1 aliphatic carbocycles. The van der Waals surface area contributed by atoms with Gasteiger partial charge in [-0.25, -0.2) is 0 Å². The standard InChI is InChI=1S/C11H16N2O3/c1-15-10-5-8-3-2-4-11(8,16-10)6-9(14)7-13-12/h7-8,10H,2-6H2,1H3/t8-,10+,11+/m1/s1. The van der Waals surface area contributed by atoms with Crippen LogP contribution in [0.2, 0.25) is 0 Å². The number of carbonyl (C=O) groups is 1. The highest BCUT2D eigenvalue weighted by Gasteiger charge is 2.52. The molecule has 0 N–H and O–H groups in total. The third-order valence-corrected chi connectivity index (χ3v) is 3.68. The molecule has 2 rings (SSSR count). The van der Waals surface area contributed by atoms with Crippen LogP contribution < -0.4 is 0 Å². The maximum atomic E-state index is 11.5. The monoisotopic (exact) mass is 224 g/mol. The maximum absolute atomic E-state index is 11.5. The molecule has 0 bridgehead atoms. The van der Waals surface area contributed by atoms with Crippen molar-refractivity contribution in [2.75, 3.05) is 7.11 Å². The van der Waals surface area contributed by atoms with Crippen molar-refractivity contribution in [1.29, 1.82) is 0 Å². The van der Waals surface area contributed by atoms with Gasteiger partial charge in [0.15, 0.2) is 6.29 Å². The quantitative estimate of drug-likeness (QED) is 0.409. The Balaban J connectivity index is 2.09.